The van der Waals surface area contributed by atoms with Gasteiger partial charge in [-0.3, -0.25) is 9.59 Å². The number of phenols is 1. The van der Waals surface area contributed by atoms with Crippen LogP contribution in [0.1, 0.15) is 43.7 Å². The molecule has 8 aromatic rings. The van der Waals surface area contributed by atoms with E-state index in [0.29, 0.717) is 33.9 Å². The smallest absolute Gasteiger partial charge is 0.321 e. The first-order valence-corrected chi connectivity index (χ1v) is 20.4. The lowest BCUT2D eigenvalue weighted by Gasteiger charge is -2.36. The molecule has 1 aromatic heterocycles. The van der Waals surface area contributed by atoms with Crippen molar-refractivity contribution < 1.29 is 23.9 Å². The van der Waals surface area contributed by atoms with Crippen molar-refractivity contribution in [3.8, 4) is 17.1 Å². The molecule has 1 aliphatic rings. The number of carbonyl (C=O) groups is 3. The number of phenolic OH excluding ortho intramolecular Hbond substituents is 1. The van der Waals surface area contributed by atoms with E-state index >= 15 is 4.39 Å². The maximum atomic E-state index is 15.6. The highest BCUT2D eigenvalue weighted by Gasteiger charge is 2.42. The number of nitrogens with zero attached hydrogens (tertiary/aromatic N) is 6. The summed E-state index contributed by atoms with van der Waals surface area (Å²) in [6.07, 6.45) is -1.63. The standard InChI is InChI=1S/C51H39FN8O4/c1-33-17-15-28-41-45(39-26-11-13-29-42(39)52)54-47(49(63)59(46(33)41)32-44(62)40-27-12-14-30-43(40)61)55-50(64)53-38-25-16-18-34(31-38)48-56-57-58-60(48)51(35-19-5-2-6-20-35,36-21-7-3-8-22-36)37-23-9-4-10-24-37/h2-31,47,61H,32H2,1H3,(H2,53,55,64). The number of amides is 3. The van der Waals surface area contributed by atoms with Crippen LogP contribution in [-0.2, 0) is 10.3 Å². The number of hydrogen-bond donors (Lipinski definition) is 3. The highest BCUT2D eigenvalue weighted by molar-refractivity contribution is 6.22. The van der Waals surface area contributed by atoms with E-state index in [0.717, 1.165) is 16.7 Å². The van der Waals surface area contributed by atoms with Crippen molar-refractivity contribution in [3.05, 3.63) is 227 Å². The van der Waals surface area contributed by atoms with E-state index in [1.165, 1.54) is 35.2 Å². The lowest BCUT2D eigenvalue weighted by molar-refractivity contribution is -0.120. The van der Waals surface area contributed by atoms with E-state index in [4.69, 9.17) is 4.99 Å². The van der Waals surface area contributed by atoms with Gasteiger partial charge in [0, 0.05) is 22.4 Å². The molecule has 0 fully saturated rings. The lowest BCUT2D eigenvalue weighted by atomic mass is 9.77. The molecule has 0 saturated heterocycles. The largest absolute Gasteiger partial charge is 0.507 e. The Morgan fingerprint density at radius 2 is 1.31 bits per heavy atom. The van der Waals surface area contributed by atoms with Gasteiger partial charge in [0.1, 0.15) is 17.1 Å². The number of nitrogens with one attached hydrogen (secondary N) is 2. The topological polar surface area (TPSA) is 155 Å². The number of carbonyl (C=O) groups excluding carboxylic acids is 3. The van der Waals surface area contributed by atoms with Gasteiger partial charge in [0.2, 0.25) is 6.17 Å². The van der Waals surface area contributed by atoms with Gasteiger partial charge in [-0.25, -0.2) is 18.9 Å². The minimum atomic E-state index is -1.63. The highest BCUT2D eigenvalue weighted by atomic mass is 19.1. The molecule has 314 valence electrons. The fourth-order valence-corrected chi connectivity index (χ4v) is 8.30. The molecule has 0 radical (unpaired) electrons. The second kappa shape index (κ2) is 17.4. The van der Waals surface area contributed by atoms with Gasteiger partial charge in [0.25, 0.3) is 5.91 Å². The predicted octanol–water partition coefficient (Wildman–Crippen LogP) is 8.55. The molecule has 3 amide bonds. The zero-order valence-electron chi connectivity index (χ0n) is 34.3. The molecular weight excluding hydrogens is 808 g/mol. The van der Waals surface area contributed by atoms with Crippen LogP contribution in [-0.4, -0.2) is 61.5 Å². The van der Waals surface area contributed by atoms with Crippen LogP contribution in [0.15, 0.2) is 187 Å². The molecule has 13 heteroatoms. The van der Waals surface area contributed by atoms with E-state index in [9.17, 15) is 19.5 Å². The Hall–Kier alpha value is -8.58. The maximum Gasteiger partial charge on any atom is 0.321 e. The Labute approximate surface area is 367 Å². The Balaban J connectivity index is 1.08. The number of Topliss-reactive ketones (excluding diaryl/α,β-unsaturated/α-hetero) is 1. The summed E-state index contributed by atoms with van der Waals surface area (Å²) in [7, 11) is 0. The lowest BCUT2D eigenvalue weighted by Crippen LogP contribution is -2.50. The molecule has 1 aliphatic heterocycles. The van der Waals surface area contributed by atoms with Crippen LogP contribution in [0.3, 0.4) is 0 Å². The molecule has 1 atom stereocenters. The summed E-state index contributed by atoms with van der Waals surface area (Å²) < 4.78 is 17.4. The number of aliphatic imine (C=N–C) groups is 1. The van der Waals surface area contributed by atoms with Crippen molar-refractivity contribution in [1.29, 1.82) is 0 Å². The minimum absolute atomic E-state index is 0.00615. The molecule has 3 N–H and O–H groups in total. The normalized spacial score (nSPS) is 13.7. The number of ketones is 1. The molecule has 0 bridgehead atoms. The van der Waals surface area contributed by atoms with Gasteiger partial charge in [0.15, 0.2) is 11.6 Å². The van der Waals surface area contributed by atoms with Gasteiger partial charge in [-0.05, 0) is 76.0 Å². The van der Waals surface area contributed by atoms with Crippen molar-refractivity contribution in [2.75, 3.05) is 16.8 Å². The second-order valence-corrected chi connectivity index (χ2v) is 15.1. The summed E-state index contributed by atoms with van der Waals surface area (Å²) in [5, 5.41) is 29.4. The van der Waals surface area contributed by atoms with Gasteiger partial charge >= 0.3 is 6.03 Å². The molecule has 1 unspecified atom stereocenters. The monoisotopic (exact) mass is 846 g/mol. The van der Waals surface area contributed by atoms with Crippen molar-refractivity contribution in [3.63, 3.8) is 0 Å². The van der Waals surface area contributed by atoms with E-state index in [2.05, 4.69) is 26.2 Å². The number of aromatic nitrogens is 4. The number of rotatable bonds is 11. The van der Waals surface area contributed by atoms with E-state index < -0.39 is 41.8 Å². The number of anilines is 2. The zero-order chi connectivity index (χ0) is 44.2. The molecule has 9 rings (SSSR count). The number of tetrazole rings is 1. The third-order valence-electron chi connectivity index (χ3n) is 11.2. The zero-order valence-corrected chi connectivity index (χ0v) is 34.3. The van der Waals surface area contributed by atoms with Gasteiger partial charge < -0.3 is 20.6 Å². The number of halogens is 1. The number of aryl methyl sites for hydroxylation is 1. The van der Waals surface area contributed by atoms with Gasteiger partial charge in [-0.15, -0.1) is 5.10 Å². The summed E-state index contributed by atoms with van der Waals surface area (Å²) in [4.78, 5) is 48.5. The Kier molecular flexibility index (Phi) is 11.1. The van der Waals surface area contributed by atoms with E-state index in [1.807, 2.05) is 97.1 Å². The Morgan fingerprint density at radius 3 is 1.97 bits per heavy atom. The van der Waals surface area contributed by atoms with Crippen LogP contribution in [0, 0.1) is 12.7 Å². The summed E-state index contributed by atoms with van der Waals surface area (Å²) in [6, 6.07) is 53.2. The number of fused-ring (bicyclic) bond motifs is 1. The highest BCUT2D eigenvalue weighted by Crippen LogP contribution is 2.42. The molecule has 0 spiro atoms. The van der Waals surface area contributed by atoms with Crippen LogP contribution in [0.4, 0.5) is 20.6 Å². The molecular formula is C51H39FN8O4. The third kappa shape index (κ3) is 7.55. The molecule has 7 aromatic carbocycles. The Morgan fingerprint density at radius 1 is 0.719 bits per heavy atom. The summed E-state index contributed by atoms with van der Waals surface area (Å²) in [6.45, 7) is 1.25. The van der Waals surface area contributed by atoms with Crippen molar-refractivity contribution in [1.82, 2.24) is 25.5 Å². The average molecular weight is 847 g/mol. The van der Waals surface area contributed by atoms with Crippen molar-refractivity contribution in [2.24, 2.45) is 4.99 Å². The quantitative estimate of drug-likeness (QED) is 0.0871. The van der Waals surface area contributed by atoms with Crippen molar-refractivity contribution >= 4 is 34.8 Å². The number of aromatic hydroxyl groups is 1. The minimum Gasteiger partial charge on any atom is -0.507 e. The predicted molar refractivity (Wildman–Crippen MR) is 242 cm³/mol. The second-order valence-electron chi connectivity index (χ2n) is 15.1. The summed E-state index contributed by atoms with van der Waals surface area (Å²) >= 11 is 0. The van der Waals surface area contributed by atoms with Crippen molar-refractivity contribution in [2.45, 2.75) is 18.6 Å². The molecule has 64 heavy (non-hydrogen) atoms. The van der Waals surface area contributed by atoms with E-state index in [1.54, 1.807) is 66.2 Å². The average Bonchev–Trinajstić information content (AvgIpc) is 3.78. The van der Waals surface area contributed by atoms with Crippen LogP contribution in [0.2, 0.25) is 0 Å². The van der Waals surface area contributed by atoms with Crippen LogP contribution in [0.5, 0.6) is 5.75 Å². The number of para-hydroxylation sites is 2. The number of urea groups is 1. The van der Waals surface area contributed by atoms with E-state index in [-0.39, 0.29) is 22.6 Å². The fraction of sp³-hybridized carbons (Fsp3) is 0.0784. The van der Waals surface area contributed by atoms with Crippen LogP contribution >= 0.6 is 0 Å². The van der Waals surface area contributed by atoms with Gasteiger partial charge in [-0.2, -0.15) is 0 Å². The SMILES string of the molecule is Cc1cccc2c1N(CC(=O)c1ccccc1O)C(=O)C(NC(=O)Nc1cccc(-c3nnnn3C(c3ccccc3)(c3ccccc3)c3ccccc3)c1)N=C2c1ccccc1F. The molecule has 0 saturated carbocycles. The molecule has 12 nitrogen and oxygen atoms in total. The van der Waals surface area contributed by atoms with Gasteiger partial charge in [0.05, 0.1) is 23.5 Å². The van der Waals surface area contributed by atoms with Crippen LogP contribution < -0.4 is 15.5 Å². The number of hydrogen-bond acceptors (Lipinski definition) is 8. The summed E-state index contributed by atoms with van der Waals surface area (Å²) in [5.74, 6) is -1.77. The molecule has 0 aliphatic carbocycles. The first-order valence-electron chi connectivity index (χ1n) is 20.4. The number of benzene rings is 7. The van der Waals surface area contributed by atoms with Crippen LogP contribution in [0.25, 0.3) is 11.4 Å². The first kappa shape index (κ1) is 40.8. The Bertz CT molecular complexity index is 2950. The maximum absolute atomic E-state index is 15.6. The molecule has 2 heterocycles. The summed E-state index contributed by atoms with van der Waals surface area (Å²) in [5.41, 5.74) is 4.07. The fourth-order valence-electron chi connectivity index (χ4n) is 8.30. The number of benzodiazepines with no additional fused rings is 1. The third-order valence-corrected chi connectivity index (χ3v) is 11.2. The first-order chi connectivity index (χ1) is 31.2. The van der Waals surface area contributed by atoms with Gasteiger partial charge in [-0.1, -0.05) is 146 Å².